The van der Waals surface area contributed by atoms with E-state index in [1.807, 2.05) is 49.1 Å². The van der Waals surface area contributed by atoms with Crippen molar-refractivity contribution in [2.24, 2.45) is 5.41 Å². The van der Waals surface area contributed by atoms with Gasteiger partial charge in [-0.05, 0) is 72.0 Å². The van der Waals surface area contributed by atoms with Crippen LogP contribution in [0.4, 0.5) is 10.1 Å². The summed E-state index contributed by atoms with van der Waals surface area (Å²) < 4.78 is 52.9. The molecule has 47 heavy (non-hydrogen) atoms. The molecule has 11 heteroatoms. The lowest BCUT2D eigenvalue weighted by Gasteiger charge is -2.57. The molecule has 0 bridgehead atoms. The molecule has 0 unspecified atom stereocenters. The number of halogens is 1. The second kappa shape index (κ2) is 12.6. The summed E-state index contributed by atoms with van der Waals surface area (Å²) in [6.07, 6.45) is 6.35. The average molecular weight is 656 g/mol. The quantitative estimate of drug-likeness (QED) is 0.206. The predicted octanol–water partition coefficient (Wildman–Crippen LogP) is 6.11. The summed E-state index contributed by atoms with van der Waals surface area (Å²) >= 11 is 0. The maximum Gasteiger partial charge on any atom is 0.209 e. The molecular formula is C36H38FN5O4S. The Morgan fingerprint density at radius 3 is 2.40 bits per heavy atom. The fourth-order valence-corrected chi connectivity index (χ4v) is 6.85. The molecule has 244 valence electrons. The summed E-state index contributed by atoms with van der Waals surface area (Å²) in [5.41, 5.74) is 4.24. The molecule has 1 saturated heterocycles. The highest BCUT2D eigenvalue weighted by atomic mass is 32.2. The van der Waals surface area contributed by atoms with Gasteiger partial charge in [-0.1, -0.05) is 38.5 Å². The molecule has 1 aliphatic heterocycles. The van der Waals surface area contributed by atoms with Crippen LogP contribution >= 0.6 is 0 Å². The lowest BCUT2D eigenvalue weighted by molar-refractivity contribution is 0.0897. The minimum atomic E-state index is -3.40. The zero-order valence-electron chi connectivity index (χ0n) is 27.0. The van der Waals surface area contributed by atoms with E-state index in [-0.39, 0.29) is 19.0 Å². The Morgan fingerprint density at radius 1 is 1.04 bits per heavy atom. The monoisotopic (exact) mass is 655 g/mol. The summed E-state index contributed by atoms with van der Waals surface area (Å²) in [6, 6.07) is 20.3. The van der Waals surface area contributed by atoms with E-state index in [4.69, 9.17) is 9.47 Å². The van der Waals surface area contributed by atoms with Crippen molar-refractivity contribution in [1.82, 2.24) is 14.7 Å². The maximum absolute atomic E-state index is 15.5. The fourth-order valence-electron chi connectivity index (χ4n) is 6.43. The third-order valence-electron chi connectivity index (χ3n) is 9.45. The molecule has 1 aromatic heterocycles. The number of benzene rings is 3. The number of hydrogen-bond acceptors (Lipinski definition) is 8. The summed E-state index contributed by atoms with van der Waals surface area (Å²) in [5, 5.41) is 9.94. The third kappa shape index (κ3) is 6.80. The molecule has 2 aliphatic rings. The van der Waals surface area contributed by atoms with Crippen molar-refractivity contribution in [3.8, 4) is 29.0 Å². The summed E-state index contributed by atoms with van der Waals surface area (Å²) in [5.74, 6) is 1.29. The normalized spacial score (nSPS) is 15.4. The fraction of sp³-hybridized carbons (Fsp3) is 0.361. The molecule has 0 radical (unpaired) electrons. The molecule has 0 atom stereocenters. The summed E-state index contributed by atoms with van der Waals surface area (Å²) in [7, 11) is -1.84. The lowest BCUT2D eigenvalue weighted by atomic mass is 9.63. The largest absolute Gasteiger partial charge is 0.497 e. The van der Waals surface area contributed by atoms with Gasteiger partial charge in [-0.25, -0.2) is 27.5 Å². The Kier molecular flexibility index (Phi) is 8.68. The number of ether oxygens (including phenoxy) is 2. The van der Waals surface area contributed by atoms with Crippen molar-refractivity contribution in [2.75, 3.05) is 31.4 Å². The van der Waals surface area contributed by atoms with Gasteiger partial charge >= 0.3 is 0 Å². The van der Waals surface area contributed by atoms with Crippen molar-refractivity contribution in [1.29, 1.82) is 5.26 Å². The van der Waals surface area contributed by atoms with Gasteiger partial charge in [0.2, 0.25) is 10.0 Å². The van der Waals surface area contributed by atoms with Gasteiger partial charge in [0.25, 0.3) is 0 Å². The van der Waals surface area contributed by atoms with Crippen LogP contribution in [0.2, 0.25) is 0 Å². The van der Waals surface area contributed by atoms with Crippen LogP contribution in [-0.2, 0) is 28.6 Å². The zero-order valence-corrected chi connectivity index (χ0v) is 27.8. The zero-order chi connectivity index (χ0) is 33.4. The molecule has 6 rings (SSSR count). The molecule has 2 heterocycles. The van der Waals surface area contributed by atoms with Crippen molar-refractivity contribution in [3.63, 3.8) is 0 Å². The Morgan fingerprint density at radius 2 is 1.77 bits per heavy atom. The highest BCUT2D eigenvalue weighted by molar-refractivity contribution is 7.88. The highest BCUT2D eigenvalue weighted by Gasteiger charge is 2.48. The number of hydrogen-bond donors (Lipinski definition) is 1. The molecule has 1 spiro atoms. The van der Waals surface area contributed by atoms with Crippen molar-refractivity contribution in [3.05, 3.63) is 101 Å². The van der Waals surface area contributed by atoms with Gasteiger partial charge in [0.15, 0.2) is 5.82 Å². The number of aromatic nitrogens is 2. The van der Waals surface area contributed by atoms with E-state index in [9.17, 15) is 13.7 Å². The van der Waals surface area contributed by atoms with Crippen LogP contribution in [0.1, 0.15) is 61.1 Å². The van der Waals surface area contributed by atoms with Gasteiger partial charge in [-0.2, -0.15) is 5.26 Å². The minimum Gasteiger partial charge on any atom is -0.497 e. The number of methoxy groups -OCH3 is 1. The van der Waals surface area contributed by atoms with E-state index < -0.39 is 15.4 Å². The van der Waals surface area contributed by atoms with Gasteiger partial charge in [0.1, 0.15) is 30.0 Å². The van der Waals surface area contributed by atoms with Crippen molar-refractivity contribution < 1.29 is 22.3 Å². The van der Waals surface area contributed by atoms with Gasteiger partial charge in [-0.15, -0.1) is 0 Å². The first-order chi connectivity index (χ1) is 22.4. The first kappa shape index (κ1) is 32.4. The lowest BCUT2D eigenvalue weighted by Crippen LogP contribution is -2.60. The van der Waals surface area contributed by atoms with Crippen LogP contribution in [0.3, 0.4) is 0 Å². The molecule has 4 aromatic rings. The van der Waals surface area contributed by atoms with E-state index in [1.54, 1.807) is 43.6 Å². The molecule has 1 saturated carbocycles. The van der Waals surface area contributed by atoms with Crippen molar-refractivity contribution >= 4 is 15.7 Å². The third-order valence-corrected chi connectivity index (χ3v) is 10.1. The van der Waals surface area contributed by atoms with E-state index in [0.29, 0.717) is 50.8 Å². The second-order valence-corrected chi connectivity index (χ2v) is 14.9. The molecular weight excluding hydrogens is 617 g/mol. The van der Waals surface area contributed by atoms with Gasteiger partial charge < -0.3 is 14.4 Å². The summed E-state index contributed by atoms with van der Waals surface area (Å²) in [6.45, 7) is 5.94. The van der Waals surface area contributed by atoms with Crippen LogP contribution in [0, 0.1) is 22.6 Å². The number of nitrogens with zero attached hydrogens (tertiary/aromatic N) is 4. The Labute approximate surface area is 275 Å². The topological polar surface area (TPSA) is 117 Å². The maximum atomic E-state index is 15.5. The highest BCUT2D eigenvalue weighted by Crippen LogP contribution is 2.50. The van der Waals surface area contributed by atoms with Gasteiger partial charge in [0.05, 0.1) is 30.3 Å². The Bertz CT molecular complexity index is 1950. The van der Waals surface area contributed by atoms with Crippen molar-refractivity contribution in [2.45, 2.75) is 51.7 Å². The number of nitriles is 1. The number of nitrogens with one attached hydrogen (secondary N) is 1. The molecule has 2 fully saturated rings. The first-order valence-electron chi connectivity index (χ1n) is 15.6. The molecule has 9 nitrogen and oxygen atoms in total. The van der Waals surface area contributed by atoms with Crippen LogP contribution in [0.5, 0.6) is 11.5 Å². The van der Waals surface area contributed by atoms with Crippen LogP contribution in [0.15, 0.2) is 66.9 Å². The average Bonchev–Trinajstić information content (AvgIpc) is 3.01. The number of anilines is 1. The SMILES string of the molecule is COc1ccc(CNS(C)(=O)=O)c(-c2nccc(COc3ccc(C(C)(C)c4cc(F)c(N5CC6(CCC6)C5)c(C#N)c4)cc3)n2)c1. The van der Waals surface area contributed by atoms with E-state index >= 15 is 4.39 Å². The number of rotatable bonds is 11. The van der Waals surface area contributed by atoms with E-state index in [0.717, 1.165) is 30.5 Å². The minimum absolute atomic E-state index is 0.0820. The first-order valence-corrected chi connectivity index (χ1v) is 17.5. The number of sulfonamides is 1. The van der Waals surface area contributed by atoms with Gasteiger partial charge in [0, 0.05) is 42.2 Å². The van der Waals surface area contributed by atoms with E-state index in [1.165, 1.54) is 19.3 Å². The smallest absolute Gasteiger partial charge is 0.209 e. The Hall–Kier alpha value is -4.53. The summed E-state index contributed by atoms with van der Waals surface area (Å²) in [4.78, 5) is 11.1. The van der Waals surface area contributed by atoms with E-state index in [2.05, 4.69) is 20.8 Å². The second-order valence-electron chi connectivity index (χ2n) is 13.1. The van der Waals surface area contributed by atoms with Gasteiger partial charge in [-0.3, -0.25) is 0 Å². The molecule has 1 N–H and O–H groups in total. The molecule has 3 aromatic carbocycles. The predicted molar refractivity (Wildman–Crippen MR) is 178 cm³/mol. The van der Waals surface area contributed by atoms with Crippen LogP contribution in [-0.4, -0.2) is 44.8 Å². The standard InChI is InChI=1S/C36H38FN5O4S/c1-35(2,27-16-25(19-38)33(32(37)17-27)42-22-36(23-42)13-5-14-36)26-7-10-29(11-8-26)46-21-28-12-15-39-34(41-28)31-18-30(45-3)9-6-24(31)20-40-47(4,43)44/h6-12,15-18,40H,5,13-14,20-23H2,1-4H3. The molecule has 1 aliphatic carbocycles. The Balaban J connectivity index is 1.15. The van der Waals surface area contributed by atoms with Crippen LogP contribution in [0.25, 0.3) is 11.4 Å². The van der Waals surface area contributed by atoms with Crippen LogP contribution < -0.4 is 19.1 Å². The molecule has 0 amide bonds.